The summed E-state index contributed by atoms with van der Waals surface area (Å²) in [5.41, 5.74) is 0.609. The van der Waals surface area contributed by atoms with Gasteiger partial charge in [0.2, 0.25) is 5.91 Å². The summed E-state index contributed by atoms with van der Waals surface area (Å²) in [5, 5.41) is 12.9. The van der Waals surface area contributed by atoms with Gasteiger partial charge in [0.05, 0.1) is 6.10 Å². The van der Waals surface area contributed by atoms with E-state index in [2.05, 4.69) is 5.32 Å². The number of aliphatic hydroxyl groups excluding tert-OH is 1. The molecule has 2 aromatic carbocycles. The third kappa shape index (κ3) is 6.48. The zero-order chi connectivity index (χ0) is 18.2. The molecule has 6 heteroatoms. The highest BCUT2D eigenvalue weighted by Gasteiger charge is 2.14. The van der Waals surface area contributed by atoms with Gasteiger partial charge in [0.15, 0.2) is 0 Å². The molecule has 134 valence electrons. The van der Waals surface area contributed by atoms with Crippen LogP contribution >= 0.6 is 11.8 Å². The molecule has 2 aromatic rings. The lowest BCUT2D eigenvalue weighted by atomic mass is 10.0. The maximum atomic E-state index is 13.5. The number of thioether (sulfide) groups is 1. The highest BCUT2D eigenvalue weighted by molar-refractivity contribution is 7.99. The van der Waals surface area contributed by atoms with Crippen molar-refractivity contribution in [2.45, 2.75) is 36.8 Å². The molecule has 0 saturated heterocycles. The van der Waals surface area contributed by atoms with E-state index in [1.807, 2.05) is 0 Å². The number of carbonyl (C=O) groups excluding carboxylic acids is 1. The first-order valence-corrected chi connectivity index (χ1v) is 9.04. The number of carbonyl (C=O) groups is 1. The molecule has 0 aliphatic carbocycles. The van der Waals surface area contributed by atoms with Crippen LogP contribution in [0, 0.1) is 11.6 Å². The second-order valence-corrected chi connectivity index (χ2v) is 6.94. The maximum absolute atomic E-state index is 13.5. The molecule has 1 amide bonds. The molecule has 0 saturated carbocycles. The van der Waals surface area contributed by atoms with Crippen molar-refractivity contribution in [1.29, 1.82) is 0 Å². The molecule has 2 atom stereocenters. The number of nitrogens with one attached hydrogen (secondary N) is 1. The average Bonchev–Trinajstić information content (AvgIpc) is 2.57. The van der Waals surface area contributed by atoms with Crippen LogP contribution in [0.3, 0.4) is 0 Å². The van der Waals surface area contributed by atoms with Gasteiger partial charge in [-0.1, -0.05) is 24.3 Å². The fourth-order valence-electron chi connectivity index (χ4n) is 2.38. The summed E-state index contributed by atoms with van der Waals surface area (Å²) in [5.74, 6) is -0.323. The SMILES string of the molecule is CC(CC(O)c1ccc(F)cc1)NC(=O)CCSc1ccccc1F. The summed E-state index contributed by atoms with van der Waals surface area (Å²) < 4.78 is 26.4. The van der Waals surface area contributed by atoms with Crippen molar-refractivity contribution in [3.8, 4) is 0 Å². The van der Waals surface area contributed by atoms with Crippen LogP contribution in [0.2, 0.25) is 0 Å². The van der Waals surface area contributed by atoms with Crippen molar-refractivity contribution in [3.05, 3.63) is 65.7 Å². The van der Waals surface area contributed by atoms with Gasteiger partial charge in [-0.25, -0.2) is 8.78 Å². The Bertz CT molecular complexity index is 694. The lowest BCUT2D eigenvalue weighted by Gasteiger charge is -2.18. The first kappa shape index (κ1) is 19.4. The van der Waals surface area contributed by atoms with E-state index in [9.17, 15) is 18.7 Å². The molecule has 2 unspecified atom stereocenters. The Morgan fingerprint density at radius 2 is 1.84 bits per heavy atom. The average molecular weight is 365 g/mol. The van der Waals surface area contributed by atoms with Crippen molar-refractivity contribution < 1.29 is 18.7 Å². The van der Waals surface area contributed by atoms with Crippen LogP contribution < -0.4 is 5.32 Å². The fraction of sp³-hybridized carbons (Fsp3) is 0.316. The van der Waals surface area contributed by atoms with Gasteiger partial charge in [-0.3, -0.25) is 4.79 Å². The minimum absolute atomic E-state index is 0.150. The van der Waals surface area contributed by atoms with Gasteiger partial charge in [-0.15, -0.1) is 11.8 Å². The number of amides is 1. The minimum atomic E-state index is -0.774. The topological polar surface area (TPSA) is 49.3 Å². The largest absolute Gasteiger partial charge is 0.388 e. The molecular weight excluding hydrogens is 344 g/mol. The number of aliphatic hydroxyl groups is 1. The van der Waals surface area contributed by atoms with E-state index < -0.39 is 6.10 Å². The molecule has 0 radical (unpaired) electrons. The summed E-state index contributed by atoms with van der Waals surface area (Å²) >= 11 is 1.29. The minimum Gasteiger partial charge on any atom is -0.388 e. The Hall–Kier alpha value is -1.92. The second-order valence-electron chi connectivity index (χ2n) is 5.80. The van der Waals surface area contributed by atoms with Gasteiger partial charge in [-0.2, -0.15) is 0 Å². The molecule has 0 spiro atoms. The summed E-state index contributed by atoms with van der Waals surface area (Å²) in [7, 11) is 0. The highest BCUT2D eigenvalue weighted by Crippen LogP contribution is 2.22. The van der Waals surface area contributed by atoms with E-state index in [1.54, 1.807) is 25.1 Å². The molecule has 0 aromatic heterocycles. The number of halogens is 2. The van der Waals surface area contributed by atoms with Crippen molar-refractivity contribution in [2.75, 3.05) is 5.75 Å². The van der Waals surface area contributed by atoms with Crippen LogP contribution in [0.1, 0.15) is 31.4 Å². The van der Waals surface area contributed by atoms with E-state index in [0.29, 0.717) is 22.6 Å². The lowest BCUT2D eigenvalue weighted by Crippen LogP contribution is -2.33. The molecule has 2 N–H and O–H groups in total. The van der Waals surface area contributed by atoms with Crippen LogP contribution in [0.5, 0.6) is 0 Å². The van der Waals surface area contributed by atoms with Gasteiger partial charge < -0.3 is 10.4 Å². The Labute approximate surface area is 150 Å². The van der Waals surface area contributed by atoms with Crippen LogP contribution in [0.25, 0.3) is 0 Å². The number of rotatable bonds is 8. The number of benzene rings is 2. The second kappa shape index (κ2) is 9.53. The molecule has 0 fully saturated rings. The quantitative estimate of drug-likeness (QED) is 0.693. The van der Waals surface area contributed by atoms with Gasteiger partial charge in [0.25, 0.3) is 0 Å². The molecule has 0 aliphatic heterocycles. The highest BCUT2D eigenvalue weighted by atomic mass is 32.2. The predicted molar refractivity (Wildman–Crippen MR) is 95.3 cm³/mol. The third-order valence-electron chi connectivity index (χ3n) is 3.66. The molecular formula is C19H21F2NO2S. The Kier molecular flexibility index (Phi) is 7.40. The molecule has 0 bridgehead atoms. The van der Waals surface area contributed by atoms with Crippen LogP contribution in [0.15, 0.2) is 53.4 Å². The van der Waals surface area contributed by atoms with E-state index in [1.165, 1.54) is 42.1 Å². The molecule has 0 heterocycles. The van der Waals surface area contributed by atoms with E-state index >= 15 is 0 Å². The zero-order valence-electron chi connectivity index (χ0n) is 13.9. The fourth-order valence-corrected chi connectivity index (χ4v) is 3.27. The standard InChI is InChI=1S/C19H21F2NO2S/c1-13(12-17(23)14-6-8-15(20)9-7-14)22-19(24)10-11-25-18-5-3-2-4-16(18)21/h2-9,13,17,23H,10-12H2,1H3,(H,22,24). The van der Waals surface area contributed by atoms with Crippen LogP contribution in [-0.4, -0.2) is 22.8 Å². The third-order valence-corrected chi connectivity index (χ3v) is 4.71. The summed E-state index contributed by atoms with van der Waals surface area (Å²) in [6.45, 7) is 1.80. The van der Waals surface area contributed by atoms with Gasteiger partial charge in [-0.05, 0) is 43.2 Å². The first-order chi connectivity index (χ1) is 12.0. The lowest BCUT2D eigenvalue weighted by molar-refractivity contribution is -0.121. The molecule has 25 heavy (non-hydrogen) atoms. The summed E-state index contributed by atoms with van der Waals surface area (Å²) in [6, 6.07) is 11.9. The van der Waals surface area contributed by atoms with Gasteiger partial charge in [0, 0.05) is 23.1 Å². The van der Waals surface area contributed by atoms with Crippen molar-refractivity contribution in [3.63, 3.8) is 0 Å². The molecule has 2 rings (SSSR count). The Morgan fingerprint density at radius 1 is 1.16 bits per heavy atom. The van der Waals surface area contributed by atoms with Crippen LogP contribution in [0.4, 0.5) is 8.78 Å². The smallest absolute Gasteiger partial charge is 0.221 e. The van der Waals surface area contributed by atoms with E-state index in [-0.39, 0.29) is 30.0 Å². The summed E-state index contributed by atoms with van der Waals surface area (Å²) in [4.78, 5) is 12.5. The molecule has 0 aliphatic rings. The van der Waals surface area contributed by atoms with Crippen LogP contribution in [-0.2, 0) is 4.79 Å². The van der Waals surface area contributed by atoms with Gasteiger partial charge >= 0.3 is 0 Å². The van der Waals surface area contributed by atoms with Crippen molar-refractivity contribution in [1.82, 2.24) is 5.32 Å². The van der Waals surface area contributed by atoms with Crippen molar-refractivity contribution >= 4 is 17.7 Å². The number of hydrogen-bond donors (Lipinski definition) is 2. The maximum Gasteiger partial charge on any atom is 0.221 e. The summed E-state index contributed by atoms with van der Waals surface area (Å²) in [6.07, 6.45) is -0.183. The Balaban J connectivity index is 1.72. The predicted octanol–water partition coefficient (Wildman–Crippen LogP) is 4.08. The van der Waals surface area contributed by atoms with E-state index in [4.69, 9.17) is 0 Å². The monoisotopic (exact) mass is 365 g/mol. The van der Waals surface area contributed by atoms with Crippen molar-refractivity contribution in [2.24, 2.45) is 0 Å². The zero-order valence-corrected chi connectivity index (χ0v) is 14.7. The normalized spacial score (nSPS) is 13.3. The number of hydrogen-bond acceptors (Lipinski definition) is 3. The Morgan fingerprint density at radius 3 is 2.52 bits per heavy atom. The van der Waals surface area contributed by atoms with Gasteiger partial charge in [0.1, 0.15) is 11.6 Å². The van der Waals surface area contributed by atoms with E-state index in [0.717, 1.165) is 0 Å². The molecule has 3 nitrogen and oxygen atoms in total. The first-order valence-electron chi connectivity index (χ1n) is 8.06.